The number of hydrogen-bond acceptors (Lipinski definition) is 4. The lowest BCUT2D eigenvalue weighted by Crippen LogP contribution is -2.28. The van der Waals surface area contributed by atoms with Crippen LogP contribution in [0.25, 0.3) is 6.08 Å². The van der Waals surface area contributed by atoms with Crippen molar-refractivity contribution in [1.82, 2.24) is 4.90 Å². The Morgan fingerprint density at radius 3 is 2.68 bits per heavy atom. The third-order valence-corrected chi connectivity index (χ3v) is 5.49. The van der Waals surface area contributed by atoms with Gasteiger partial charge in [-0.05, 0) is 82.7 Å². The molecule has 28 heavy (non-hydrogen) atoms. The van der Waals surface area contributed by atoms with Gasteiger partial charge in [0.1, 0.15) is 18.2 Å². The van der Waals surface area contributed by atoms with Crippen LogP contribution < -0.4 is 4.74 Å². The van der Waals surface area contributed by atoms with Gasteiger partial charge in [0.15, 0.2) is 5.17 Å². The van der Waals surface area contributed by atoms with Crippen LogP contribution in [0.5, 0.6) is 5.75 Å². The van der Waals surface area contributed by atoms with Gasteiger partial charge in [0, 0.05) is 6.54 Å². The molecular formula is C21H18BrFN2O2S. The van der Waals surface area contributed by atoms with E-state index in [-0.39, 0.29) is 11.7 Å². The topological polar surface area (TPSA) is 41.9 Å². The lowest BCUT2D eigenvalue weighted by atomic mass is 10.2. The van der Waals surface area contributed by atoms with E-state index < -0.39 is 0 Å². The Kier molecular flexibility index (Phi) is 6.70. The van der Waals surface area contributed by atoms with Gasteiger partial charge >= 0.3 is 0 Å². The number of nitrogens with zero attached hydrogens (tertiary/aromatic N) is 2. The summed E-state index contributed by atoms with van der Waals surface area (Å²) in [5.74, 6) is 0.288. The van der Waals surface area contributed by atoms with E-state index >= 15 is 0 Å². The fraction of sp³-hybridized carbons (Fsp3) is 0.143. The van der Waals surface area contributed by atoms with E-state index in [1.54, 1.807) is 23.1 Å². The molecule has 0 saturated carbocycles. The molecule has 4 nitrogen and oxygen atoms in total. The molecule has 1 saturated heterocycles. The predicted octanol–water partition coefficient (Wildman–Crippen LogP) is 5.78. The van der Waals surface area contributed by atoms with Gasteiger partial charge in [-0.2, -0.15) is 0 Å². The van der Waals surface area contributed by atoms with Crippen LogP contribution >= 0.6 is 27.7 Å². The van der Waals surface area contributed by atoms with Crippen molar-refractivity contribution in [2.75, 3.05) is 13.2 Å². The maximum absolute atomic E-state index is 13.1. The third kappa shape index (κ3) is 4.72. The summed E-state index contributed by atoms with van der Waals surface area (Å²) < 4.78 is 19.4. The van der Waals surface area contributed by atoms with Crippen molar-refractivity contribution in [1.29, 1.82) is 0 Å². The monoisotopic (exact) mass is 460 g/mol. The van der Waals surface area contributed by atoms with Crippen LogP contribution in [-0.4, -0.2) is 29.1 Å². The first-order chi connectivity index (χ1) is 13.5. The van der Waals surface area contributed by atoms with Crippen LogP contribution in [0.2, 0.25) is 0 Å². The van der Waals surface area contributed by atoms with E-state index in [1.807, 2.05) is 31.2 Å². The summed E-state index contributed by atoms with van der Waals surface area (Å²) in [7, 11) is 0. The van der Waals surface area contributed by atoms with E-state index in [2.05, 4.69) is 27.5 Å². The molecule has 0 radical (unpaired) electrons. The number of rotatable bonds is 6. The summed E-state index contributed by atoms with van der Waals surface area (Å²) in [6, 6.07) is 11.5. The SMILES string of the molecule is C=CCOc1ccc(/C=C2/SC(=Nc3ccc(F)cc3)N(CC)C2=O)cc1Br. The Morgan fingerprint density at radius 2 is 2.04 bits per heavy atom. The van der Waals surface area contributed by atoms with Crippen LogP contribution in [-0.2, 0) is 4.79 Å². The Hall–Kier alpha value is -2.38. The quantitative estimate of drug-likeness (QED) is 0.405. The van der Waals surface area contributed by atoms with Crippen LogP contribution in [0, 0.1) is 5.82 Å². The Labute approximate surface area is 175 Å². The molecule has 1 heterocycles. The van der Waals surface area contributed by atoms with Gasteiger partial charge in [-0.15, -0.1) is 0 Å². The number of benzene rings is 2. The molecule has 2 aromatic rings. The molecule has 1 aliphatic rings. The molecule has 0 spiro atoms. The maximum Gasteiger partial charge on any atom is 0.266 e. The molecule has 1 amide bonds. The predicted molar refractivity (Wildman–Crippen MR) is 116 cm³/mol. The molecule has 0 atom stereocenters. The molecule has 2 aromatic carbocycles. The van der Waals surface area contributed by atoms with E-state index in [0.717, 1.165) is 10.0 Å². The smallest absolute Gasteiger partial charge is 0.266 e. The van der Waals surface area contributed by atoms with Crippen molar-refractivity contribution < 1.29 is 13.9 Å². The van der Waals surface area contributed by atoms with Gasteiger partial charge in [0.2, 0.25) is 0 Å². The zero-order valence-electron chi connectivity index (χ0n) is 15.2. The number of halogens is 2. The normalized spacial score (nSPS) is 16.8. The zero-order chi connectivity index (χ0) is 20.1. The second-order valence-electron chi connectivity index (χ2n) is 5.82. The van der Waals surface area contributed by atoms with Gasteiger partial charge in [0.05, 0.1) is 15.1 Å². The first-order valence-electron chi connectivity index (χ1n) is 8.60. The lowest BCUT2D eigenvalue weighted by Gasteiger charge is -2.11. The summed E-state index contributed by atoms with van der Waals surface area (Å²) in [6.07, 6.45) is 3.50. The summed E-state index contributed by atoms with van der Waals surface area (Å²) >= 11 is 4.79. The standard InChI is InChI=1S/C21H18BrFN2O2S/c1-3-11-27-18-10-5-14(12-17(18)22)13-19-20(26)25(4-2)21(28-19)24-16-8-6-15(23)7-9-16/h3,5-10,12-13H,1,4,11H2,2H3/b19-13+,24-21?. The number of carbonyl (C=O) groups is 1. The third-order valence-electron chi connectivity index (χ3n) is 3.87. The fourth-order valence-electron chi connectivity index (χ4n) is 2.52. The van der Waals surface area contributed by atoms with Gasteiger partial charge < -0.3 is 4.74 Å². The number of amides is 1. The fourth-order valence-corrected chi connectivity index (χ4v) is 4.09. The number of likely N-dealkylation sites (N-methyl/N-ethyl adjacent to an activating group) is 1. The van der Waals surface area contributed by atoms with Crippen molar-refractivity contribution in [2.45, 2.75) is 6.92 Å². The highest BCUT2D eigenvalue weighted by molar-refractivity contribution is 9.10. The molecule has 0 aromatic heterocycles. The minimum Gasteiger partial charge on any atom is -0.488 e. The highest BCUT2D eigenvalue weighted by Crippen LogP contribution is 2.35. The second kappa shape index (κ2) is 9.21. The largest absolute Gasteiger partial charge is 0.488 e. The summed E-state index contributed by atoms with van der Waals surface area (Å²) in [4.78, 5) is 19.4. The number of ether oxygens (including phenoxy) is 1. The number of hydrogen-bond donors (Lipinski definition) is 0. The molecule has 1 fully saturated rings. The minimum absolute atomic E-state index is 0.100. The molecule has 1 aliphatic heterocycles. The number of aliphatic imine (C=N–C) groups is 1. The summed E-state index contributed by atoms with van der Waals surface area (Å²) in [5.41, 5.74) is 1.47. The molecule has 0 bridgehead atoms. The van der Waals surface area contributed by atoms with Crippen molar-refractivity contribution >= 4 is 50.5 Å². The lowest BCUT2D eigenvalue weighted by molar-refractivity contribution is -0.122. The second-order valence-corrected chi connectivity index (χ2v) is 7.68. The zero-order valence-corrected chi connectivity index (χ0v) is 17.6. The van der Waals surface area contributed by atoms with Crippen molar-refractivity contribution in [3.8, 4) is 5.75 Å². The van der Waals surface area contributed by atoms with E-state index in [1.165, 1.54) is 23.9 Å². The molecule has 144 valence electrons. The van der Waals surface area contributed by atoms with E-state index in [0.29, 0.717) is 34.7 Å². The van der Waals surface area contributed by atoms with Crippen LogP contribution in [0.4, 0.5) is 10.1 Å². The maximum atomic E-state index is 13.1. The summed E-state index contributed by atoms with van der Waals surface area (Å²) in [5, 5.41) is 0.579. The van der Waals surface area contributed by atoms with Gasteiger partial charge in [-0.1, -0.05) is 18.7 Å². The molecular weight excluding hydrogens is 443 g/mol. The van der Waals surface area contributed by atoms with Crippen LogP contribution in [0.3, 0.4) is 0 Å². The highest BCUT2D eigenvalue weighted by Gasteiger charge is 2.32. The van der Waals surface area contributed by atoms with Crippen LogP contribution in [0.1, 0.15) is 12.5 Å². The number of thioether (sulfide) groups is 1. The van der Waals surface area contributed by atoms with E-state index in [4.69, 9.17) is 4.74 Å². The first-order valence-corrected chi connectivity index (χ1v) is 10.2. The molecule has 7 heteroatoms. The molecule has 0 unspecified atom stereocenters. The minimum atomic E-state index is -0.321. The number of amidine groups is 1. The Morgan fingerprint density at radius 1 is 1.29 bits per heavy atom. The first kappa shape index (κ1) is 20.4. The highest BCUT2D eigenvalue weighted by atomic mass is 79.9. The van der Waals surface area contributed by atoms with Crippen molar-refractivity contribution in [3.05, 3.63) is 75.9 Å². The van der Waals surface area contributed by atoms with Gasteiger partial charge in [0.25, 0.3) is 5.91 Å². The van der Waals surface area contributed by atoms with Gasteiger partial charge in [-0.3, -0.25) is 9.69 Å². The average molecular weight is 461 g/mol. The van der Waals surface area contributed by atoms with E-state index in [9.17, 15) is 9.18 Å². The van der Waals surface area contributed by atoms with Gasteiger partial charge in [-0.25, -0.2) is 9.38 Å². The molecule has 3 rings (SSSR count). The molecule has 0 aliphatic carbocycles. The molecule has 0 N–H and O–H groups in total. The number of carbonyl (C=O) groups excluding carboxylic acids is 1. The average Bonchev–Trinajstić information content (AvgIpc) is 2.97. The Bertz CT molecular complexity index is 957. The summed E-state index contributed by atoms with van der Waals surface area (Å²) in [6.45, 7) is 6.44. The van der Waals surface area contributed by atoms with Crippen molar-refractivity contribution in [2.24, 2.45) is 4.99 Å². The van der Waals surface area contributed by atoms with Crippen LogP contribution in [0.15, 0.2) is 69.5 Å². The van der Waals surface area contributed by atoms with Crippen molar-refractivity contribution in [3.63, 3.8) is 0 Å². The Balaban J connectivity index is 1.86.